The molecule has 2 amide bonds. The molecule has 1 N–H and O–H groups in total. The zero-order valence-corrected chi connectivity index (χ0v) is 21.9. The summed E-state index contributed by atoms with van der Waals surface area (Å²) in [5.41, 5.74) is 1.91. The summed E-state index contributed by atoms with van der Waals surface area (Å²) in [5.74, 6) is 0.461. The number of rotatable bonds is 12. The number of hydrogen-bond donors (Lipinski definition) is 1. The molecule has 0 saturated carbocycles. The Hall–Kier alpha value is -2.76. The Balaban J connectivity index is 1.86. The Morgan fingerprint density at radius 2 is 1.60 bits per heavy atom. The van der Waals surface area contributed by atoms with E-state index in [0.29, 0.717) is 30.2 Å². The first-order valence-electron chi connectivity index (χ1n) is 12.0. The highest BCUT2D eigenvalue weighted by Crippen LogP contribution is 2.21. The first-order valence-corrected chi connectivity index (χ1v) is 13.4. The molecule has 35 heavy (non-hydrogen) atoms. The third kappa shape index (κ3) is 8.75. The molecule has 3 rings (SSSR count). The Morgan fingerprint density at radius 3 is 2.26 bits per heavy atom. The van der Waals surface area contributed by atoms with E-state index >= 15 is 0 Å². The standard InChI is InChI=1S/C29H33ClN2O2S/c1-3-22(2)31-29(34)27(20-23-11-6-4-7-12-23)32(21-24-13-10-14-25(30)19-24)28(33)17-18-35-26-15-8-5-9-16-26/h4-16,19,22,27H,3,17-18,20-21H2,1-2H3,(H,31,34)/t22-,27-/m1/s1. The summed E-state index contributed by atoms with van der Waals surface area (Å²) in [6.45, 7) is 4.34. The van der Waals surface area contributed by atoms with Crippen LogP contribution >= 0.6 is 23.4 Å². The van der Waals surface area contributed by atoms with Gasteiger partial charge in [0, 0.05) is 41.1 Å². The van der Waals surface area contributed by atoms with E-state index < -0.39 is 6.04 Å². The van der Waals surface area contributed by atoms with Crippen LogP contribution in [0.15, 0.2) is 89.8 Å². The van der Waals surface area contributed by atoms with Gasteiger partial charge in [-0.1, -0.05) is 79.2 Å². The molecule has 0 fully saturated rings. The quantitative estimate of drug-likeness (QED) is 0.289. The van der Waals surface area contributed by atoms with E-state index in [-0.39, 0.29) is 17.9 Å². The molecule has 184 valence electrons. The minimum atomic E-state index is -0.625. The van der Waals surface area contributed by atoms with E-state index in [9.17, 15) is 9.59 Å². The highest BCUT2D eigenvalue weighted by molar-refractivity contribution is 7.99. The molecule has 6 heteroatoms. The third-order valence-electron chi connectivity index (χ3n) is 5.84. The number of nitrogens with one attached hydrogen (secondary N) is 1. The minimum absolute atomic E-state index is 0.0255. The van der Waals surface area contributed by atoms with Crippen LogP contribution in [0.5, 0.6) is 0 Å². The fraction of sp³-hybridized carbons (Fsp3) is 0.310. The van der Waals surface area contributed by atoms with Gasteiger partial charge in [0.05, 0.1) is 0 Å². The van der Waals surface area contributed by atoms with Gasteiger partial charge in [-0.25, -0.2) is 0 Å². The van der Waals surface area contributed by atoms with Crippen molar-refractivity contribution in [2.24, 2.45) is 0 Å². The highest BCUT2D eigenvalue weighted by Gasteiger charge is 2.30. The van der Waals surface area contributed by atoms with Gasteiger partial charge in [-0.15, -0.1) is 11.8 Å². The summed E-state index contributed by atoms with van der Waals surface area (Å²) in [6.07, 6.45) is 1.60. The smallest absolute Gasteiger partial charge is 0.243 e. The molecular formula is C29H33ClN2O2S. The van der Waals surface area contributed by atoms with E-state index in [0.717, 1.165) is 22.4 Å². The highest BCUT2D eigenvalue weighted by atomic mass is 35.5. The van der Waals surface area contributed by atoms with Gasteiger partial charge < -0.3 is 10.2 Å². The first kappa shape index (κ1) is 26.8. The monoisotopic (exact) mass is 508 g/mol. The van der Waals surface area contributed by atoms with Crippen LogP contribution in [-0.4, -0.2) is 34.6 Å². The molecule has 4 nitrogen and oxygen atoms in total. The Morgan fingerprint density at radius 1 is 0.943 bits per heavy atom. The van der Waals surface area contributed by atoms with E-state index in [1.165, 1.54) is 0 Å². The van der Waals surface area contributed by atoms with Crippen LogP contribution < -0.4 is 5.32 Å². The summed E-state index contributed by atoms with van der Waals surface area (Å²) >= 11 is 7.88. The SMILES string of the molecule is CC[C@@H](C)NC(=O)[C@@H](Cc1ccccc1)N(Cc1cccc(Cl)c1)C(=O)CCSc1ccccc1. The molecule has 0 bridgehead atoms. The lowest BCUT2D eigenvalue weighted by molar-refractivity contribution is -0.141. The molecule has 3 aromatic rings. The maximum atomic E-state index is 13.6. The van der Waals surface area contributed by atoms with Gasteiger partial charge in [-0.05, 0) is 48.7 Å². The molecule has 2 atom stereocenters. The number of nitrogens with zero attached hydrogens (tertiary/aromatic N) is 1. The number of thioether (sulfide) groups is 1. The largest absolute Gasteiger partial charge is 0.352 e. The van der Waals surface area contributed by atoms with Crippen LogP contribution in [0.3, 0.4) is 0 Å². The summed E-state index contributed by atoms with van der Waals surface area (Å²) in [6, 6.07) is 26.8. The van der Waals surface area contributed by atoms with Crippen molar-refractivity contribution in [3.63, 3.8) is 0 Å². The molecule has 0 aromatic heterocycles. The number of carbonyl (C=O) groups excluding carboxylic acids is 2. The summed E-state index contributed by atoms with van der Waals surface area (Å²) < 4.78 is 0. The van der Waals surface area contributed by atoms with Crippen LogP contribution in [0.2, 0.25) is 5.02 Å². The predicted octanol–water partition coefficient (Wildman–Crippen LogP) is 6.38. The molecule has 0 unspecified atom stereocenters. The van der Waals surface area contributed by atoms with Gasteiger partial charge in [-0.3, -0.25) is 9.59 Å². The fourth-order valence-electron chi connectivity index (χ4n) is 3.74. The average molecular weight is 509 g/mol. The number of benzene rings is 3. The van der Waals surface area contributed by atoms with Crippen LogP contribution in [0.25, 0.3) is 0 Å². The van der Waals surface area contributed by atoms with Crippen LogP contribution in [-0.2, 0) is 22.6 Å². The summed E-state index contributed by atoms with van der Waals surface area (Å²) in [4.78, 5) is 29.9. The number of halogens is 1. The lowest BCUT2D eigenvalue weighted by Crippen LogP contribution is -2.52. The van der Waals surface area contributed by atoms with Crippen molar-refractivity contribution in [1.29, 1.82) is 0 Å². The van der Waals surface area contributed by atoms with E-state index in [1.54, 1.807) is 16.7 Å². The maximum absolute atomic E-state index is 13.6. The van der Waals surface area contributed by atoms with E-state index in [1.807, 2.05) is 98.8 Å². The molecular weight excluding hydrogens is 476 g/mol. The molecule has 0 radical (unpaired) electrons. The normalized spacial score (nSPS) is 12.5. The van der Waals surface area contributed by atoms with Gasteiger partial charge in [-0.2, -0.15) is 0 Å². The van der Waals surface area contributed by atoms with Crippen LogP contribution in [0, 0.1) is 0 Å². The average Bonchev–Trinajstić information content (AvgIpc) is 2.87. The van der Waals surface area contributed by atoms with Crippen LogP contribution in [0.1, 0.15) is 37.8 Å². The molecule has 3 aromatic carbocycles. The Bertz CT molecular complexity index is 1080. The molecule has 0 spiro atoms. The molecule has 0 aliphatic rings. The third-order valence-corrected chi connectivity index (χ3v) is 7.09. The van der Waals surface area contributed by atoms with Crippen molar-refractivity contribution in [3.8, 4) is 0 Å². The molecule has 0 aliphatic carbocycles. The van der Waals surface area contributed by atoms with Gasteiger partial charge in [0.25, 0.3) is 0 Å². The topological polar surface area (TPSA) is 49.4 Å². The number of amides is 2. The van der Waals surface area contributed by atoms with Crippen molar-refractivity contribution >= 4 is 35.2 Å². The molecule has 0 aliphatic heterocycles. The molecule has 0 saturated heterocycles. The zero-order valence-electron chi connectivity index (χ0n) is 20.3. The van der Waals surface area contributed by atoms with Gasteiger partial charge in [0.1, 0.15) is 6.04 Å². The van der Waals surface area contributed by atoms with Crippen molar-refractivity contribution in [3.05, 3.63) is 101 Å². The van der Waals surface area contributed by atoms with Crippen molar-refractivity contribution in [2.75, 3.05) is 5.75 Å². The predicted molar refractivity (Wildman–Crippen MR) is 146 cm³/mol. The Kier molecular flexibility index (Phi) is 10.7. The molecule has 0 heterocycles. The minimum Gasteiger partial charge on any atom is -0.352 e. The summed E-state index contributed by atoms with van der Waals surface area (Å²) in [7, 11) is 0. The lowest BCUT2D eigenvalue weighted by atomic mass is 10.0. The van der Waals surface area contributed by atoms with E-state index in [2.05, 4.69) is 5.32 Å². The van der Waals surface area contributed by atoms with Gasteiger partial charge in [0.2, 0.25) is 11.8 Å². The second-order valence-electron chi connectivity index (χ2n) is 8.59. The van der Waals surface area contributed by atoms with E-state index in [4.69, 9.17) is 11.6 Å². The maximum Gasteiger partial charge on any atom is 0.243 e. The zero-order chi connectivity index (χ0) is 25.0. The lowest BCUT2D eigenvalue weighted by Gasteiger charge is -2.32. The number of carbonyl (C=O) groups is 2. The van der Waals surface area contributed by atoms with Crippen LogP contribution in [0.4, 0.5) is 0 Å². The fourth-order valence-corrected chi connectivity index (χ4v) is 4.82. The second-order valence-corrected chi connectivity index (χ2v) is 10.2. The van der Waals surface area contributed by atoms with Gasteiger partial charge in [0.15, 0.2) is 0 Å². The first-order chi connectivity index (χ1) is 17.0. The Labute approximate surface area is 218 Å². The second kappa shape index (κ2) is 14.0. The van der Waals surface area contributed by atoms with Crippen molar-refractivity contribution in [1.82, 2.24) is 10.2 Å². The summed E-state index contributed by atoms with van der Waals surface area (Å²) in [5, 5.41) is 3.71. The number of hydrogen-bond acceptors (Lipinski definition) is 3. The van der Waals surface area contributed by atoms with Crippen molar-refractivity contribution in [2.45, 2.75) is 56.6 Å². The van der Waals surface area contributed by atoms with Crippen molar-refractivity contribution < 1.29 is 9.59 Å². The van der Waals surface area contributed by atoms with Gasteiger partial charge >= 0.3 is 0 Å².